The molecule has 1 aromatic carbocycles. The third-order valence-corrected chi connectivity index (χ3v) is 4.63. The molecule has 3 heterocycles. The summed E-state index contributed by atoms with van der Waals surface area (Å²) in [6.45, 7) is 2.00. The molecular weight excluding hydrogens is 413 g/mol. The number of carbonyl (C=O) groups excluding carboxylic acids is 1. The number of nitrogens with zero attached hydrogens (tertiary/aromatic N) is 5. The number of benzene rings is 1. The van der Waals surface area contributed by atoms with Crippen molar-refractivity contribution in [2.75, 3.05) is 12.3 Å². The molecule has 160 valence electrons. The van der Waals surface area contributed by atoms with Gasteiger partial charge in [-0.1, -0.05) is 18.2 Å². The molecule has 31 heavy (non-hydrogen) atoms. The summed E-state index contributed by atoms with van der Waals surface area (Å²) in [5.41, 5.74) is 7.42. The number of carbonyl (C=O) groups is 1. The number of ether oxygens (including phenoxy) is 1. The van der Waals surface area contributed by atoms with Gasteiger partial charge in [0.1, 0.15) is 22.8 Å². The zero-order chi connectivity index (χ0) is 22.3. The second-order valence-corrected chi connectivity index (χ2v) is 6.69. The zero-order valence-corrected chi connectivity index (χ0v) is 16.5. The molecule has 1 aliphatic rings. The number of hydrogen-bond donors (Lipinski definition) is 1. The lowest BCUT2D eigenvalue weighted by Gasteiger charge is -2.16. The molecule has 0 spiro atoms. The highest BCUT2D eigenvalue weighted by atomic mass is 19.4. The lowest BCUT2D eigenvalue weighted by molar-refractivity contribution is -0.274. The van der Waals surface area contributed by atoms with E-state index in [0.29, 0.717) is 11.4 Å². The van der Waals surface area contributed by atoms with E-state index >= 15 is 0 Å². The number of amides is 1. The Labute approximate surface area is 174 Å². The van der Waals surface area contributed by atoms with Crippen molar-refractivity contribution in [1.82, 2.24) is 24.6 Å². The molecular formula is C20H17F3N6O2. The maximum Gasteiger partial charge on any atom is 0.573 e. The van der Waals surface area contributed by atoms with Crippen LogP contribution >= 0.6 is 0 Å². The van der Waals surface area contributed by atoms with Crippen LogP contribution in [0.2, 0.25) is 0 Å². The molecule has 0 atom stereocenters. The highest BCUT2D eigenvalue weighted by molar-refractivity contribution is 6.14. The predicted molar refractivity (Wildman–Crippen MR) is 106 cm³/mol. The van der Waals surface area contributed by atoms with Gasteiger partial charge in [-0.25, -0.2) is 9.97 Å². The SMILES string of the molecule is CCN1C(=O)c2c(nc(N)nc2-c2ccn(C)n2)/C1=C\c1ccccc1OC(F)(F)F. The summed E-state index contributed by atoms with van der Waals surface area (Å²) in [6, 6.07) is 7.32. The molecule has 0 fully saturated rings. The van der Waals surface area contributed by atoms with Gasteiger partial charge in [-0.3, -0.25) is 9.48 Å². The van der Waals surface area contributed by atoms with Gasteiger partial charge in [-0.05, 0) is 25.1 Å². The first kappa shape index (κ1) is 20.4. The smallest absolute Gasteiger partial charge is 0.405 e. The Morgan fingerprint density at radius 1 is 1.16 bits per heavy atom. The summed E-state index contributed by atoms with van der Waals surface area (Å²) in [6.07, 6.45) is -1.75. The second kappa shape index (κ2) is 7.42. The Bertz CT molecular complexity index is 1200. The molecule has 0 bridgehead atoms. The van der Waals surface area contributed by atoms with Crippen molar-refractivity contribution < 1.29 is 22.7 Å². The monoisotopic (exact) mass is 430 g/mol. The Hall–Kier alpha value is -3.89. The van der Waals surface area contributed by atoms with Gasteiger partial charge in [-0.2, -0.15) is 5.10 Å². The van der Waals surface area contributed by atoms with Gasteiger partial charge < -0.3 is 15.4 Å². The number of aryl methyl sites for hydroxylation is 1. The van der Waals surface area contributed by atoms with E-state index in [1.54, 1.807) is 37.0 Å². The van der Waals surface area contributed by atoms with E-state index in [4.69, 9.17) is 5.73 Å². The quantitative estimate of drug-likeness (QED) is 0.682. The Kier molecular flexibility index (Phi) is 4.88. The molecule has 11 heteroatoms. The Morgan fingerprint density at radius 3 is 2.52 bits per heavy atom. The lowest BCUT2D eigenvalue weighted by Crippen LogP contribution is -2.23. The van der Waals surface area contributed by atoms with Crippen molar-refractivity contribution >= 4 is 23.6 Å². The summed E-state index contributed by atoms with van der Waals surface area (Å²) >= 11 is 0. The highest BCUT2D eigenvalue weighted by Crippen LogP contribution is 2.39. The zero-order valence-electron chi connectivity index (χ0n) is 16.5. The van der Waals surface area contributed by atoms with Crippen LogP contribution in [0, 0.1) is 0 Å². The number of hydrogen-bond acceptors (Lipinski definition) is 6. The normalized spacial score (nSPS) is 14.9. The maximum atomic E-state index is 13.2. The molecule has 1 amide bonds. The van der Waals surface area contributed by atoms with E-state index in [0.717, 1.165) is 0 Å². The summed E-state index contributed by atoms with van der Waals surface area (Å²) in [5, 5.41) is 4.28. The van der Waals surface area contributed by atoms with Gasteiger partial charge in [0.2, 0.25) is 5.95 Å². The predicted octanol–water partition coefficient (Wildman–Crippen LogP) is 3.33. The van der Waals surface area contributed by atoms with E-state index in [9.17, 15) is 18.0 Å². The van der Waals surface area contributed by atoms with Crippen LogP contribution in [0.1, 0.15) is 28.5 Å². The van der Waals surface area contributed by atoms with Crippen LogP contribution in [0.15, 0.2) is 36.5 Å². The summed E-state index contributed by atoms with van der Waals surface area (Å²) in [4.78, 5) is 23.0. The van der Waals surface area contributed by atoms with Gasteiger partial charge in [0.05, 0.1) is 11.3 Å². The molecule has 0 aliphatic carbocycles. The molecule has 0 unspecified atom stereocenters. The number of aromatic nitrogens is 4. The Morgan fingerprint density at radius 2 is 1.87 bits per heavy atom. The number of alkyl halides is 3. The first-order valence-corrected chi connectivity index (χ1v) is 9.24. The molecule has 0 radical (unpaired) electrons. The molecule has 2 N–H and O–H groups in total. The van der Waals surface area contributed by atoms with Crippen LogP contribution in [0.5, 0.6) is 5.75 Å². The van der Waals surface area contributed by atoms with E-state index in [-0.39, 0.29) is 35.0 Å². The Balaban J connectivity index is 1.91. The number of fused-ring (bicyclic) bond motifs is 1. The number of nitrogen functional groups attached to an aromatic ring is 1. The van der Waals surface area contributed by atoms with Crippen LogP contribution in [-0.2, 0) is 7.05 Å². The topological polar surface area (TPSA) is 99.2 Å². The van der Waals surface area contributed by atoms with Gasteiger partial charge >= 0.3 is 6.36 Å². The van der Waals surface area contributed by atoms with Crippen molar-refractivity contribution in [3.63, 3.8) is 0 Å². The average Bonchev–Trinajstić information content (AvgIpc) is 3.23. The average molecular weight is 430 g/mol. The lowest BCUT2D eigenvalue weighted by atomic mass is 10.1. The van der Waals surface area contributed by atoms with E-state index < -0.39 is 18.0 Å². The molecule has 0 saturated heterocycles. The fourth-order valence-corrected chi connectivity index (χ4v) is 3.39. The fourth-order valence-electron chi connectivity index (χ4n) is 3.39. The van der Waals surface area contributed by atoms with Crippen molar-refractivity contribution in [1.29, 1.82) is 0 Å². The highest BCUT2D eigenvalue weighted by Gasteiger charge is 2.38. The first-order chi connectivity index (χ1) is 14.7. The van der Waals surface area contributed by atoms with Gasteiger partial charge in [-0.15, -0.1) is 13.2 Å². The number of anilines is 1. The van der Waals surface area contributed by atoms with Crippen molar-refractivity contribution in [3.05, 3.63) is 53.3 Å². The van der Waals surface area contributed by atoms with E-state index in [2.05, 4.69) is 19.8 Å². The molecule has 8 nitrogen and oxygen atoms in total. The van der Waals surface area contributed by atoms with E-state index in [1.807, 2.05) is 0 Å². The first-order valence-electron chi connectivity index (χ1n) is 9.24. The standard InChI is InChI=1S/C20H17F3N6O2/c1-3-29-13(10-11-6-4-5-7-14(11)31-20(21,22)23)17-15(18(29)30)16(25-19(24)26-17)12-8-9-28(2)27-12/h4-10H,3H2,1-2H3,(H2,24,25,26)/b13-10+. The third-order valence-electron chi connectivity index (χ3n) is 4.63. The minimum Gasteiger partial charge on any atom is -0.405 e. The molecule has 4 rings (SSSR count). The summed E-state index contributed by atoms with van der Waals surface area (Å²) in [5.74, 6) is -0.874. The number of rotatable bonds is 4. The largest absolute Gasteiger partial charge is 0.573 e. The van der Waals surface area contributed by atoms with Gasteiger partial charge in [0.15, 0.2) is 0 Å². The third kappa shape index (κ3) is 3.81. The van der Waals surface area contributed by atoms with Crippen molar-refractivity contribution in [2.45, 2.75) is 13.3 Å². The van der Waals surface area contributed by atoms with Crippen molar-refractivity contribution in [3.8, 4) is 17.1 Å². The van der Waals surface area contributed by atoms with Crippen LogP contribution < -0.4 is 10.5 Å². The summed E-state index contributed by atoms with van der Waals surface area (Å²) in [7, 11) is 1.72. The van der Waals surface area contributed by atoms with Gasteiger partial charge in [0, 0.05) is 25.4 Å². The van der Waals surface area contributed by atoms with E-state index in [1.165, 1.54) is 29.2 Å². The molecule has 3 aromatic rings. The summed E-state index contributed by atoms with van der Waals surface area (Å²) < 4.78 is 44.1. The number of para-hydroxylation sites is 1. The minimum atomic E-state index is -4.86. The number of halogens is 3. The molecule has 2 aromatic heterocycles. The molecule has 1 aliphatic heterocycles. The minimum absolute atomic E-state index is 0.0871. The number of nitrogens with two attached hydrogens (primary N) is 1. The second-order valence-electron chi connectivity index (χ2n) is 6.69. The van der Waals surface area contributed by atoms with Gasteiger partial charge in [0.25, 0.3) is 5.91 Å². The van der Waals surface area contributed by atoms with Crippen LogP contribution in [0.4, 0.5) is 19.1 Å². The fraction of sp³-hybridized carbons (Fsp3) is 0.200. The maximum absolute atomic E-state index is 13.2. The van der Waals surface area contributed by atoms with Crippen LogP contribution in [-0.4, -0.2) is 43.5 Å². The van der Waals surface area contributed by atoms with Crippen LogP contribution in [0.3, 0.4) is 0 Å². The van der Waals surface area contributed by atoms with Crippen LogP contribution in [0.25, 0.3) is 23.2 Å². The van der Waals surface area contributed by atoms with Crippen molar-refractivity contribution in [2.24, 2.45) is 7.05 Å². The molecule has 0 saturated carbocycles.